The summed E-state index contributed by atoms with van der Waals surface area (Å²) in [5.41, 5.74) is 1.06. The molecule has 0 radical (unpaired) electrons. The van der Waals surface area contributed by atoms with Crippen molar-refractivity contribution in [2.75, 3.05) is 12.9 Å². The number of hydrogen-bond acceptors (Lipinski definition) is 3. The van der Waals surface area contributed by atoms with Gasteiger partial charge in [0.2, 0.25) is 5.91 Å². The highest BCUT2D eigenvalue weighted by atomic mass is 32.2. The predicted octanol–water partition coefficient (Wildman–Crippen LogP) is 3.10. The lowest BCUT2D eigenvalue weighted by atomic mass is 10.2. The summed E-state index contributed by atoms with van der Waals surface area (Å²) < 4.78 is 5.09. The molecule has 0 aromatic heterocycles. The van der Waals surface area contributed by atoms with E-state index >= 15 is 0 Å². The zero-order valence-corrected chi connectivity index (χ0v) is 12.2. The highest BCUT2D eigenvalue weighted by Crippen LogP contribution is 2.16. The molecule has 0 atom stereocenters. The van der Waals surface area contributed by atoms with Crippen LogP contribution in [-0.4, -0.2) is 18.8 Å². The molecule has 0 spiro atoms. The van der Waals surface area contributed by atoms with Gasteiger partial charge in [-0.2, -0.15) is 0 Å². The van der Waals surface area contributed by atoms with Gasteiger partial charge in [0.25, 0.3) is 0 Å². The van der Waals surface area contributed by atoms with Crippen molar-refractivity contribution < 1.29 is 9.53 Å². The molecule has 0 aliphatic heterocycles. The van der Waals surface area contributed by atoms with Gasteiger partial charge >= 0.3 is 0 Å². The van der Waals surface area contributed by atoms with E-state index in [-0.39, 0.29) is 5.91 Å². The van der Waals surface area contributed by atoms with Crippen LogP contribution in [0, 0.1) is 0 Å². The molecule has 0 saturated heterocycles. The van der Waals surface area contributed by atoms with Crippen LogP contribution in [0.25, 0.3) is 0 Å². The van der Waals surface area contributed by atoms with Crippen LogP contribution in [0.3, 0.4) is 0 Å². The summed E-state index contributed by atoms with van der Waals surface area (Å²) in [5, 5.41) is 2.91. The fourth-order valence-corrected chi connectivity index (χ4v) is 2.41. The highest BCUT2D eigenvalue weighted by Gasteiger charge is 2.02. The van der Waals surface area contributed by atoms with E-state index in [0.717, 1.165) is 16.2 Å². The Labute approximate surface area is 123 Å². The van der Waals surface area contributed by atoms with Crippen molar-refractivity contribution in [3.05, 3.63) is 60.2 Å². The summed E-state index contributed by atoms with van der Waals surface area (Å²) in [6.45, 7) is 0.540. The normalized spacial score (nSPS) is 10.1. The summed E-state index contributed by atoms with van der Waals surface area (Å²) in [5.74, 6) is 1.29. The van der Waals surface area contributed by atoms with Crippen LogP contribution in [-0.2, 0) is 11.3 Å². The van der Waals surface area contributed by atoms with Gasteiger partial charge in [0.15, 0.2) is 0 Å². The molecule has 2 aromatic carbocycles. The van der Waals surface area contributed by atoms with E-state index in [9.17, 15) is 4.79 Å². The number of nitrogens with one attached hydrogen (secondary N) is 1. The molecule has 20 heavy (non-hydrogen) atoms. The molecule has 3 nitrogen and oxygen atoms in total. The van der Waals surface area contributed by atoms with E-state index in [4.69, 9.17) is 4.74 Å². The van der Waals surface area contributed by atoms with Crippen LogP contribution in [0.2, 0.25) is 0 Å². The molecule has 2 rings (SSSR count). The van der Waals surface area contributed by atoms with Gasteiger partial charge in [-0.05, 0) is 29.8 Å². The minimum atomic E-state index is 0.0367. The van der Waals surface area contributed by atoms with E-state index in [1.54, 1.807) is 7.11 Å². The molecule has 0 bridgehead atoms. The summed E-state index contributed by atoms with van der Waals surface area (Å²) >= 11 is 1.54. The lowest BCUT2D eigenvalue weighted by molar-refractivity contribution is -0.118. The monoisotopic (exact) mass is 287 g/mol. The van der Waals surface area contributed by atoms with E-state index < -0.39 is 0 Å². The number of rotatable bonds is 6. The quantitative estimate of drug-likeness (QED) is 0.830. The number of hydrogen-bond donors (Lipinski definition) is 1. The standard InChI is InChI=1S/C16H17NO2S/c1-19-14-9-7-13(8-10-14)11-17-16(18)12-20-15-5-3-2-4-6-15/h2-10H,11-12H2,1H3,(H,17,18). The van der Waals surface area contributed by atoms with Gasteiger partial charge in [-0.1, -0.05) is 30.3 Å². The van der Waals surface area contributed by atoms with Gasteiger partial charge in [-0.15, -0.1) is 11.8 Å². The molecular weight excluding hydrogens is 270 g/mol. The Bertz CT molecular complexity index is 540. The summed E-state index contributed by atoms with van der Waals surface area (Å²) in [6.07, 6.45) is 0. The molecule has 0 saturated carbocycles. The van der Waals surface area contributed by atoms with Crippen LogP contribution in [0.1, 0.15) is 5.56 Å². The molecule has 1 N–H and O–H groups in total. The molecule has 4 heteroatoms. The largest absolute Gasteiger partial charge is 0.497 e. The van der Waals surface area contributed by atoms with Crippen molar-refractivity contribution in [2.24, 2.45) is 0 Å². The third kappa shape index (κ3) is 4.63. The Morgan fingerprint density at radius 3 is 2.45 bits per heavy atom. The maximum atomic E-state index is 11.8. The molecule has 0 aliphatic rings. The van der Waals surface area contributed by atoms with Crippen LogP contribution < -0.4 is 10.1 Å². The smallest absolute Gasteiger partial charge is 0.230 e. The Balaban J connectivity index is 1.74. The maximum Gasteiger partial charge on any atom is 0.230 e. The fraction of sp³-hybridized carbons (Fsp3) is 0.188. The second-order valence-corrected chi connectivity index (χ2v) is 5.28. The number of carbonyl (C=O) groups excluding carboxylic acids is 1. The van der Waals surface area contributed by atoms with Crippen molar-refractivity contribution in [1.29, 1.82) is 0 Å². The lowest BCUT2D eigenvalue weighted by Crippen LogP contribution is -2.24. The first-order valence-electron chi connectivity index (χ1n) is 6.35. The molecule has 0 unspecified atom stereocenters. The van der Waals surface area contributed by atoms with Gasteiger partial charge in [-0.25, -0.2) is 0 Å². The number of benzene rings is 2. The average Bonchev–Trinajstić information content (AvgIpc) is 2.52. The highest BCUT2D eigenvalue weighted by molar-refractivity contribution is 8.00. The van der Waals surface area contributed by atoms with Crippen LogP contribution >= 0.6 is 11.8 Å². The summed E-state index contributed by atoms with van der Waals surface area (Å²) in [6, 6.07) is 17.6. The number of ether oxygens (including phenoxy) is 1. The number of carbonyl (C=O) groups is 1. The molecule has 0 fully saturated rings. The SMILES string of the molecule is COc1ccc(CNC(=O)CSc2ccccc2)cc1. The Hall–Kier alpha value is -1.94. The number of amides is 1. The second-order valence-electron chi connectivity index (χ2n) is 4.23. The molecule has 2 aromatic rings. The van der Waals surface area contributed by atoms with Crippen molar-refractivity contribution in [1.82, 2.24) is 5.32 Å². The summed E-state index contributed by atoms with van der Waals surface area (Å²) in [7, 11) is 1.64. The van der Waals surface area contributed by atoms with Gasteiger partial charge in [0, 0.05) is 11.4 Å². The second kappa shape index (κ2) is 7.60. The fourth-order valence-electron chi connectivity index (χ4n) is 1.66. The molecule has 0 aliphatic carbocycles. The number of methoxy groups -OCH3 is 1. The van der Waals surface area contributed by atoms with E-state index in [2.05, 4.69) is 5.32 Å². The summed E-state index contributed by atoms with van der Waals surface area (Å²) in [4.78, 5) is 12.9. The molecular formula is C16H17NO2S. The third-order valence-electron chi connectivity index (χ3n) is 2.76. The zero-order chi connectivity index (χ0) is 14.2. The van der Waals surface area contributed by atoms with Crippen LogP contribution in [0.4, 0.5) is 0 Å². The molecule has 0 heterocycles. The van der Waals surface area contributed by atoms with Gasteiger partial charge in [0.1, 0.15) is 5.75 Å². The van der Waals surface area contributed by atoms with Crippen molar-refractivity contribution in [3.63, 3.8) is 0 Å². The van der Waals surface area contributed by atoms with Crippen molar-refractivity contribution in [3.8, 4) is 5.75 Å². The maximum absolute atomic E-state index is 11.8. The van der Waals surface area contributed by atoms with Crippen LogP contribution in [0.5, 0.6) is 5.75 Å². The predicted molar refractivity (Wildman–Crippen MR) is 82.0 cm³/mol. The van der Waals surface area contributed by atoms with E-state index in [0.29, 0.717) is 12.3 Å². The Kier molecular flexibility index (Phi) is 5.50. The first kappa shape index (κ1) is 14.5. The van der Waals surface area contributed by atoms with Crippen molar-refractivity contribution in [2.45, 2.75) is 11.4 Å². The van der Waals surface area contributed by atoms with Gasteiger partial charge in [0.05, 0.1) is 12.9 Å². The van der Waals surface area contributed by atoms with Gasteiger partial charge in [-0.3, -0.25) is 4.79 Å². The van der Waals surface area contributed by atoms with Gasteiger partial charge < -0.3 is 10.1 Å². The first-order chi connectivity index (χ1) is 9.78. The van der Waals surface area contributed by atoms with Crippen molar-refractivity contribution >= 4 is 17.7 Å². The molecule has 1 amide bonds. The third-order valence-corrected chi connectivity index (χ3v) is 3.77. The average molecular weight is 287 g/mol. The zero-order valence-electron chi connectivity index (χ0n) is 11.3. The number of thioether (sulfide) groups is 1. The lowest BCUT2D eigenvalue weighted by Gasteiger charge is -2.06. The van der Waals surface area contributed by atoms with Crippen LogP contribution in [0.15, 0.2) is 59.5 Å². The first-order valence-corrected chi connectivity index (χ1v) is 7.34. The Morgan fingerprint density at radius 1 is 1.10 bits per heavy atom. The topological polar surface area (TPSA) is 38.3 Å². The Morgan fingerprint density at radius 2 is 1.80 bits per heavy atom. The van der Waals surface area contributed by atoms with E-state index in [1.807, 2.05) is 54.6 Å². The minimum Gasteiger partial charge on any atom is -0.497 e. The minimum absolute atomic E-state index is 0.0367. The van der Waals surface area contributed by atoms with E-state index in [1.165, 1.54) is 11.8 Å². The molecule has 104 valence electrons.